The lowest BCUT2D eigenvalue weighted by molar-refractivity contribution is -0.113. The van der Waals surface area contributed by atoms with Crippen LogP contribution >= 0.6 is 35.0 Å². The fourth-order valence-electron chi connectivity index (χ4n) is 2.51. The Balaban J connectivity index is 1.56. The van der Waals surface area contributed by atoms with Gasteiger partial charge in [-0.2, -0.15) is 5.10 Å². The summed E-state index contributed by atoms with van der Waals surface area (Å²) in [5.74, 6) is 2.29. The number of carbonyl (C=O) groups is 1. The molecule has 27 heavy (non-hydrogen) atoms. The lowest BCUT2D eigenvalue weighted by atomic mass is 10.2. The smallest absolute Gasteiger partial charge is 0.235 e. The number of hydrogen-bond donors (Lipinski definition) is 1. The summed E-state index contributed by atoms with van der Waals surface area (Å²) in [6.07, 6.45) is 1.64. The molecule has 142 valence electrons. The van der Waals surface area contributed by atoms with Crippen molar-refractivity contribution in [2.24, 2.45) is 0 Å². The third-order valence-corrected chi connectivity index (χ3v) is 5.53. The maximum absolute atomic E-state index is 12.3. The SMILES string of the molecule is Cc1noc(C)c1CSCC(=O)Nc1ccnn1Cc1ccc(Cl)cc1Cl. The van der Waals surface area contributed by atoms with Crippen LogP contribution in [-0.4, -0.2) is 26.6 Å². The van der Waals surface area contributed by atoms with Gasteiger partial charge in [0.2, 0.25) is 5.91 Å². The van der Waals surface area contributed by atoms with Crippen molar-refractivity contribution in [3.63, 3.8) is 0 Å². The molecule has 0 spiro atoms. The number of nitrogens with one attached hydrogen (secondary N) is 1. The Morgan fingerprint density at radius 2 is 2.11 bits per heavy atom. The number of nitrogens with zero attached hydrogens (tertiary/aromatic N) is 3. The van der Waals surface area contributed by atoms with Gasteiger partial charge in [0.05, 0.1) is 24.2 Å². The van der Waals surface area contributed by atoms with Crippen molar-refractivity contribution < 1.29 is 9.32 Å². The molecular formula is C18H18Cl2N4O2S. The van der Waals surface area contributed by atoms with Crippen LogP contribution in [0.1, 0.15) is 22.6 Å². The van der Waals surface area contributed by atoms with Crippen molar-refractivity contribution >= 4 is 46.7 Å². The highest BCUT2D eigenvalue weighted by atomic mass is 35.5. The van der Waals surface area contributed by atoms with Gasteiger partial charge in [0.25, 0.3) is 0 Å². The second kappa shape index (κ2) is 8.82. The van der Waals surface area contributed by atoms with Gasteiger partial charge in [-0.05, 0) is 31.5 Å². The molecule has 9 heteroatoms. The molecule has 0 saturated heterocycles. The van der Waals surface area contributed by atoms with E-state index < -0.39 is 0 Å². The Hall–Kier alpha value is -1.96. The van der Waals surface area contributed by atoms with Gasteiger partial charge in [-0.15, -0.1) is 11.8 Å². The zero-order valence-corrected chi connectivity index (χ0v) is 17.2. The quantitative estimate of drug-likeness (QED) is 0.593. The lowest BCUT2D eigenvalue weighted by Crippen LogP contribution is -2.18. The second-order valence-corrected chi connectivity index (χ2v) is 7.78. The van der Waals surface area contributed by atoms with E-state index >= 15 is 0 Å². The molecule has 2 heterocycles. The number of rotatable bonds is 7. The van der Waals surface area contributed by atoms with Crippen LogP contribution in [0.2, 0.25) is 10.0 Å². The summed E-state index contributed by atoms with van der Waals surface area (Å²) in [6, 6.07) is 7.06. The van der Waals surface area contributed by atoms with Crippen LogP contribution in [0, 0.1) is 13.8 Å². The fraction of sp³-hybridized carbons (Fsp3) is 0.278. The molecule has 0 bridgehead atoms. The fourth-order valence-corrected chi connectivity index (χ4v) is 3.95. The minimum atomic E-state index is -0.101. The molecule has 0 radical (unpaired) electrons. The van der Waals surface area contributed by atoms with Gasteiger partial charge < -0.3 is 9.84 Å². The Morgan fingerprint density at radius 3 is 2.81 bits per heavy atom. The Morgan fingerprint density at radius 1 is 1.30 bits per heavy atom. The van der Waals surface area contributed by atoms with Crippen LogP contribution < -0.4 is 5.32 Å². The van der Waals surface area contributed by atoms with Crippen molar-refractivity contribution in [3.8, 4) is 0 Å². The monoisotopic (exact) mass is 424 g/mol. The minimum absolute atomic E-state index is 0.101. The summed E-state index contributed by atoms with van der Waals surface area (Å²) in [7, 11) is 0. The van der Waals surface area contributed by atoms with Crippen molar-refractivity contribution in [2.75, 3.05) is 11.1 Å². The highest BCUT2D eigenvalue weighted by Crippen LogP contribution is 2.23. The predicted molar refractivity (Wildman–Crippen MR) is 109 cm³/mol. The molecule has 3 aromatic rings. The molecule has 0 fully saturated rings. The van der Waals surface area contributed by atoms with Gasteiger partial charge in [-0.1, -0.05) is 34.4 Å². The molecule has 1 amide bonds. The van der Waals surface area contributed by atoms with Crippen LogP contribution in [-0.2, 0) is 17.1 Å². The minimum Gasteiger partial charge on any atom is -0.361 e. The van der Waals surface area contributed by atoms with Gasteiger partial charge >= 0.3 is 0 Å². The molecule has 3 rings (SSSR count). The summed E-state index contributed by atoms with van der Waals surface area (Å²) < 4.78 is 6.82. The second-order valence-electron chi connectivity index (χ2n) is 5.95. The number of carbonyl (C=O) groups excluding carboxylic acids is 1. The van der Waals surface area contributed by atoms with E-state index in [-0.39, 0.29) is 5.91 Å². The third-order valence-electron chi connectivity index (χ3n) is 3.98. The van der Waals surface area contributed by atoms with E-state index in [2.05, 4.69) is 15.6 Å². The molecule has 0 atom stereocenters. The molecule has 0 aliphatic rings. The predicted octanol–water partition coefficient (Wildman–Crippen LogP) is 4.71. The number of anilines is 1. The van der Waals surface area contributed by atoms with Crippen LogP contribution in [0.15, 0.2) is 35.0 Å². The number of hydrogen-bond acceptors (Lipinski definition) is 5. The Labute approximate surface area is 171 Å². The normalized spacial score (nSPS) is 11.0. The molecule has 1 aromatic carbocycles. The number of thioether (sulfide) groups is 1. The molecule has 0 saturated carbocycles. The number of amides is 1. The van der Waals surface area contributed by atoms with E-state index in [1.54, 1.807) is 29.1 Å². The molecule has 2 aromatic heterocycles. The van der Waals surface area contributed by atoms with E-state index in [9.17, 15) is 4.79 Å². The van der Waals surface area contributed by atoms with Crippen LogP contribution in [0.4, 0.5) is 5.82 Å². The number of aromatic nitrogens is 3. The summed E-state index contributed by atoms with van der Waals surface area (Å²) in [5.41, 5.74) is 2.77. The van der Waals surface area contributed by atoms with E-state index in [4.69, 9.17) is 27.7 Å². The first-order valence-electron chi connectivity index (χ1n) is 8.19. The van der Waals surface area contributed by atoms with Crippen molar-refractivity contribution in [3.05, 3.63) is 63.1 Å². The van der Waals surface area contributed by atoms with Crippen LogP contribution in [0.3, 0.4) is 0 Å². The standard InChI is InChI=1S/C18H18Cl2N4O2S/c1-11-15(12(2)26-23-11)9-27-10-18(25)22-17-5-6-21-24(17)8-13-3-4-14(19)7-16(13)20/h3-7H,8-10H2,1-2H3,(H,22,25). The number of benzene rings is 1. The first-order valence-corrected chi connectivity index (χ1v) is 10.1. The van der Waals surface area contributed by atoms with E-state index in [1.807, 2.05) is 19.9 Å². The largest absolute Gasteiger partial charge is 0.361 e. The maximum atomic E-state index is 12.3. The summed E-state index contributed by atoms with van der Waals surface area (Å²) in [5, 5.41) is 12.2. The first-order chi connectivity index (χ1) is 12.9. The molecule has 0 unspecified atom stereocenters. The molecule has 1 N–H and O–H groups in total. The highest BCUT2D eigenvalue weighted by Gasteiger charge is 2.12. The van der Waals surface area contributed by atoms with Gasteiger partial charge in [-0.25, -0.2) is 4.68 Å². The molecule has 0 aliphatic heterocycles. The Kier molecular flexibility index (Phi) is 6.46. The maximum Gasteiger partial charge on any atom is 0.235 e. The van der Waals surface area contributed by atoms with Crippen molar-refractivity contribution in [2.45, 2.75) is 26.1 Å². The van der Waals surface area contributed by atoms with Crippen molar-refractivity contribution in [1.29, 1.82) is 0 Å². The average Bonchev–Trinajstić information content (AvgIpc) is 3.18. The topological polar surface area (TPSA) is 73.0 Å². The zero-order chi connectivity index (χ0) is 19.4. The summed E-state index contributed by atoms with van der Waals surface area (Å²) in [4.78, 5) is 12.3. The summed E-state index contributed by atoms with van der Waals surface area (Å²) >= 11 is 13.7. The highest BCUT2D eigenvalue weighted by molar-refractivity contribution is 7.99. The lowest BCUT2D eigenvalue weighted by Gasteiger charge is -2.10. The molecule has 0 aliphatic carbocycles. The van der Waals surface area contributed by atoms with Gasteiger partial charge in [0.1, 0.15) is 11.6 Å². The van der Waals surface area contributed by atoms with Gasteiger partial charge in [0, 0.05) is 27.4 Å². The average molecular weight is 425 g/mol. The molecular weight excluding hydrogens is 407 g/mol. The number of aryl methyl sites for hydroxylation is 2. The zero-order valence-electron chi connectivity index (χ0n) is 14.8. The number of halogens is 2. The first kappa shape index (κ1) is 19.8. The van der Waals surface area contributed by atoms with Crippen molar-refractivity contribution in [1.82, 2.24) is 14.9 Å². The molecule has 6 nitrogen and oxygen atoms in total. The Bertz CT molecular complexity index is 935. The van der Waals surface area contributed by atoms with E-state index in [0.29, 0.717) is 33.9 Å². The van der Waals surface area contributed by atoms with E-state index in [1.165, 1.54) is 11.8 Å². The van der Waals surface area contributed by atoms with Crippen LogP contribution in [0.25, 0.3) is 0 Å². The van der Waals surface area contributed by atoms with Crippen LogP contribution in [0.5, 0.6) is 0 Å². The van der Waals surface area contributed by atoms with Gasteiger partial charge in [0.15, 0.2) is 0 Å². The van der Waals surface area contributed by atoms with E-state index in [0.717, 1.165) is 22.6 Å². The third kappa shape index (κ3) is 5.06. The van der Waals surface area contributed by atoms with Gasteiger partial charge in [-0.3, -0.25) is 4.79 Å². The summed E-state index contributed by atoms with van der Waals surface area (Å²) in [6.45, 7) is 4.20.